The maximum atomic E-state index is 12.0. The van der Waals surface area contributed by atoms with E-state index in [0.717, 1.165) is 30.4 Å². The van der Waals surface area contributed by atoms with Crippen molar-refractivity contribution in [3.8, 4) is 0 Å². The molecule has 2 rings (SSSR count). The summed E-state index contributed by atoms with van der Waals surface area (Å²) in [4.78, 5) is 12.0. The van der Waals surface area contributed by atoms with E-state index in [2.05, 4.69) is 31.8 Å². The molecule has 2 saturated carbocycles. The normalized spacial score (nSPS) is 35.4. The van der Waals surface area contributed by atoms with Crippen LogP contribution in [0.15, 0.2) is 0 Å². The number of rotatable bonds is 4. The van der Waals surface area contributed by atoms with Crippen molar-refractivity contribution in [2.45, 2.75) is 58.4 Å². The molecule has 3 atom stereocenters. The molecule has 17 heavy (non-hydrogen) atoms. The van der Waals surface area contributed by atoms with Crippen LogP contribution in [0.1, 0.15) is 52.4 Å². The fourth-order valence-electron chi connectivity index (χ4n) is 2.87. The Balaban J connectivity index is 1.75. The van der Waals surface area contributed by atoms with Gasteiger partial charge in [0.1, 0.15) is 0 Å². The maximum absolute atomic E-state index is 12.0. The molecular formula is C14H25NOS. The van der Waals surface area contributed by atoms with Gasteiger partial charge in [0.2, 0.25) is 5.91 Å². The average molecular weight is 255 g/mol. The van der Waals surface area contributed by atoms with Gasteiger partial charge < -0.3 is 5.32 Å². The number of thiol groups is 1. The molecule has 2 aliphatic carbocycles. The van der Waals surface area contributed by atoms with Crippen LogP contribution in [-0.2, 0) is 4.79 Å². The molecule has 98 valence electrons. The molecule has 0 aliphatic heterocycles. The molecular weight excluding hydrogens is 230 g/mol. The average Bonchev–Trinajstić information content (AvgIpc) is 3.04. The Labute approximate surface area is 110 Å². The fourth-order valence-corrected chi connectivity index (χ4v) is 3.29. The van der Waals surface area contributed by atoms with Gasteiger partial charge >= 0.3 is 0 Å². The molecule has 0 aromatic carbocycles. The zero-order valence-corrected chi connectivity index (χ0v) is 11.9. The first-order valence-corrected chi connectivity index (χ1v) is 7.58. The SMILES string of the molecule is CC1CCC(NC(=O)CC2(CS)CC2)CC1C. The summed E-state index contributed by atoms with van der Waals surface area (Å²) in [5.41, 5.74) is 0.251. The number of amides is 1. The predicted octanol–water partition coefficient (Wildman–Crippen LogP) is 3.03. The zero-order chi connectivity index (χ0) is 12.5. The van der Waals surface area contributed by atoms with E-state index in [9.17, 15) is 4.79 Å². The summed E-state index contributed by atoms with van der Waals surface area (Å²) < 4.78 is 0. The summed E-state index contributed by atoms with van der Waals surface area (Å²) in [6.45, 7) is 4.63. The Morgan fingerprint density at radius 1 is 1.29 bits per heavy atom. The molecule has 2 nitrogen and oxygen atoms in total. The second kappa shape index (κ2) is 5.21. The summed E-state index contributed by atoms with van der Waals surface area (Å²) in [5.74, 6) is 2.67. The van der Waals surface area contributed by atoms with E-state index < -0.39 is 0 Å². The van der Waals surface area contributed by atoms with Crippen molar-refractivity contribution in [3.63, 3.8) is 0 Å². The second-order valence-corrected chi connectivity index (χ2v) is 6.68. The Kier molecular flexibility index (Phi) is 4.06. The Morgan fingerprint density at radius 2 is 2.00 bits per heavy atom. The topological polar surface area (TPSA) is 29.1 Å². The fraction of sp³-hybridized carbons (Fsp3) is 0.929. The van der Waals surface area contributed by atoms with Gasteiger partial charge in [-0.3, -0.25) is 4.79 Å². The minimum Gasteiger partial charge on any atom is -0.353 e. The molecule has 3 unspecified atom stereocenters. The van der Waals surface area contributed by atoms with Crippen molar-refractivity contribution in [1.29, 1.82) is 0 Å². The van der Waals surface area contributed by atoms with Crippen molar-refractivity contribution in [1.82, 2.24) is 5.32 Å². The highest BCUT2D eigenvalue weighted by atomic mass is 32.1. The third-order valence-corrected chi connectivity index (χ3v) is 5.46. The lowest BCUT2D eigenvalue weighted by Crippen LogP contribution is -2.40. The van der Waals surface area contributed by atoms with E-state index in [0.29, 0.717) is 12.5 Å². The molecule has 1 N–H and O–H groups in total. The third kappa shape index (κ3) is 3.40. The van der Waals surface area contributed by atoms with Crippen LogP contribution in [-0.4, -0.2) is 17.7 Å². The first kappa shape index (κ1) is 13.3. The summed E-state index contributed by atoms with van der Waals surface area (Å²) in [5, 5.41) is 3.23. The van der Waals surface area contributed by atoms with Gasteiger partial charge in [0.25, 0.3) is 0 Å². The third-order valence-electron chi connectivity index (χ3n) is 4.79. The van der Waals surface area contributed by atoms with Gasteiger partial charge in [0, 0.05) is 12.5 Å². The van der Waals surface area contributed by atoms with Crippen molar-refractivity contribution >= 4 is 18.5 Å². The number of carbonyl (C=O) groups is 1. The number of hydrogen-bond donors (Lipinski definition) is 2. The first-order valence-electron chi connectivity index (χ1n) is 6.95. The van der Waals surface area contributed by atoms with Crippen molar-refractivity contribution in [2.75, 3.05) is 5.75 Å². The highest BCUT2D eigenvalue weighted by Gasteiger charge is 2.43. The summed E-state index contributed by atoms with van der Waals surface area (Å²) in [7, 11) is 0. The highest BCUT2D eigenvalue weighted by Crippen LogP contribution is 2.49. The van der Waals surface area contributed by atoms with Crippen LogP contribution in [0.3, 0.4) is 0 Å². The smallest absolute Gasteiger partial charge is 0.220 e. The van der Waals surface area contributed by atoms with E-state index in [1.54, 1.807) is 0 Å². The van der Waals surface area contributed by atoms with Gasteiger partial charge in [-0.2, -0.15) is 12.6 Å². The van der Waals surface area contributed by atoms with Crippen LogP contribution in [0.2, 0.25) is 0 Å². The minimum absolute atomic E-state index is 0.251. The molecule has 2 aliphatic rings. The summed E-state index contributed by atoms with van der Waals surface area (Å²) in [6, 6.07) is 0.421. The maximum Gasteiger partial charge on any atom is 0.220 e. The molecule has 0 heterocycles. The van der Waals surface area contributed by atoms with Gasteiger partial charge in [-0.05, 0) is 55.1 Å². The molecule has 0 bridgehead atoms. The molecule has 1 amide bonds. The lowest BCUT2D eigenvalue weighted by atomic mass is 9.79. The van der Waals surface area contributed by atoms with Crippen LogP contribution in [0.25, 0.3) is 0 Å². The van der Waals surface area contributed by atoms with Crippen LogP contribution >= 0.6 is 12.6 Å². The Morgan fingerprint density at radius 3 is 2.53 bits per heavy atom. The van der Waals surface area contributed by atoms with E-state index in [1.165, 1.54) is 19.3 Å². The van der Waals surface area contributed by atoms with E-state index in [4.69, 9.17) is 0 Å². The molecule has 0 radical (unpaired) electrons. The lowest BCUT2D eigenvalue weighted by molar-refractivity contribution is -0.123. The number of carbonyl (C=O) groups excluding carboxylic acids is 1. The molecule has 2 fully saturated rings. The van der Waals surface area contributed by atoms with Gasteiger partial charge in [0.05, 0.1) is 0 Å². The van der Waals surface area contributed by atoms with Gasteiger partial charge in [-0.25, -0.2) is 0 Å². The second-order valence-electron chi connectivity index (χ2n) is 6.37. The molecule has 0 aromatic rings. The minimum atomic E-state index is 0.251. The van der Waals surface area contributed by atoms with E-state index >= 15 is 0 Å². The van der Waals surface area contributed by atoms with E-state index in [-0.39, 0.29) is 11.3 Å². The molecule has 0 saturated heterocycles. The van der Waals surface area contributed by atoms with Crippen molar-refractivity contribution in [2.24, 2.45) is 17.3 Å². The van der Waals surface area contributed by atoms with Crippen molar-refractivity contribution in [3.05, 3.63) is 0 Å². The standard InChI is InChI=1S/C14H25NOS/c1-10-3-4-12(7-11(10)2)15-13(16)8-14(9-17)5-6-14/h10-12,17H,3-9H2,1-2H3,(H,15,16). The van der Waals surface area contributed by atoms with Crippen LogP contribution in [0, 0.1) is 17.3 Å². The highest BCUT2D eigenvalue weighted by molar-refractivity contribution is 7.80. The van der Waals surface area contributed by atoms with Gasteiger partial charge in [-0.1, -0.05) is 13.8 Å². The zero-order valence-electron chi connectivity index (χ0n) is 11.0. The van der Waals surface area contributed by atoms with Crippen molar-refractivity contribution < 1.29 is 4.79 Å². The lowest BCUT2D eigenvalue weighted by Gasteiger charge is -2.32. The summed E-state index contributed by atoms with van der Waals surface area (Å²) in [6.07, 6.45) is 6.62. The van der Waals surface area contributed by atoms with E-state index in [1.807, 2.05) is 0 Å². The van der Waals surface area contributed by atoms with Crippen LogP contribution in [0.4, 0.5) is 0 Å². The monoisotopic (exact) mass is 255 g/mol. The van der Waals surface area contributed by atoms with Gasteiger partial charge in [-0.15, -0.1) is 0 Å². The molecule has 3 heteroatoms. The first-order chi connectivity index (χ1) is 8.04. The quantitative estimate of drug-likeness (QED) is 0.743. The Hall–Kier alpha value is -0.180. The van der Waals surface area contributed by atoms with Crippen LogP contribution in [0.5, 0.6) is 0 Å². The molecule has 0 aromatic heterocycles. The molecule has 0 spiro atoms. The van der Waals surface area contributed by atoms with Gasteiger partial charge in [0.15, 0.2) is 0 Å². The Bertz CT molecular complexity index is 288. The largest absolute Gasteiger partial charge is 0.353 e. The number of hydrogen-bond acceptors (Lipinski definition) is 2. The summed E-state index contributed by atoms with van der Waals surface area (Å²) >= 11 is 4.35. The predicted molar refractivity (Wildman–Crippen MR) is 74.2 cm³/mol. The van der Waals surface area contributed by atoms with Crippen LogP contribution < -0.4 is 5.32 Å². The number of nitrogens with one attached hydrogen (secondary N) is 1.